The van der Waals surface area contributed by atoms with Crippen LogP contribution >= 0.6 is 0 Å². The monoisotopic (exact) mass is 555 g/mol. The van der Waals surface area contributed by atoms with Gasteiger partial charge in [0, 0.05) is 19.6 Å². The molecule has 0 N–H and O–H groups in total. The standard InChI is InChI=1S/C31H45NO6Si/c1-29(2,3)39(6,7)36-19-18-26-27-31(23-35-30(4,5)38-27,22-34-21-25-16-12-9-13-17-25)32(28(33)37-26)20-24-14-10-8-11-15-24/h8-17,26-27H,18-23H2,1-7H3/t26-,27+,31+/m1/s1. The van der Waals surface area contributed by atoms with Gasteiger partial charge < -0.3 is 23.4 Å². The average Bonchev–Trinajstić information content (AvgIpc) is 2.87. The maximum Gasteiger partial charge on any atom is 0.411 e. The molecule has 0 aromatic heterocycles. The quantitative estimate of drug-likeness (QED) is 0.311. The van der Waals surface area contributed by atoms with Crippen LogP contribution < -0.4 is 0 Å². The van der Waals surface area contributed by atoms with Gasteiger partial charge in [0.25, 0.3) is 0 Å². The Morgan fingerprint density at radius 2 is 1.62 bits per heavy atom. The smallest absolute Gasteiger partial charge is 0.411 e. The second-order valence-corrected chi connectivity index (χ2v) is 17.5. The number of benzene rings is 2. The molecule has 2 aliphatic heterocycles. The SMILES string of the molecule is CC1(C)OC[C@@]2(COCc3ccccc3)[C@@H](O1)[C@@H](CCO[Si](C)(C)C(C)(C)C)OC(=O)N2Cc1ccccc1. The van der Waals surface area contributed by atoms with E-state index in [9.17, 15) is 4.79 Å². The number of ether oxygens (including phenoxy) is 4. The van der Waals surface area contributed by atoms with Crippen molar-refractivity contribution in [3.63, 3.8) is 0 Å². The first kappa shape index (κ1) is 29.7. The molecule has 2 aliphatic rings. The maximum atomic E-state index is 13.7. The number of nitrogens with zero attached hydrogens (tertiary/aromatic N) is 1. The molecule has 2 aromatic carbocycles. The summed E-state index contributed by atoms with van der Waals surface area (Å²) in [5.41, 5.74) is 1.20. The first-order chi connectivity index (χ1) is 18.3. The summed E-state index contributed by atoms with van der Waals surface area (Å²) in [5, 5.41) is 0.0922. The van der Waals surface area contributed by atoms with Gasteiger partial charge in [-0.25, -0.2) is 4.79 Å². The van der Waals surface area contributed by atoms with E-state index >= 15 is 0 Å². The lowest BCUT2D eigenvalue weighted by atomic mass is 9.83. The molecular weight excluding hydrogens is 510 g/mol. The van der Waals surface area contributed by atoms with Crippen LogP contribution in [-0.4, -0.2) is 62.7 Å². The van der Waals surface area contributed by atoms with Crippen LogP contribution in [0.3, 0.4) is 0 Å². The highest BCUT2D eigenvalue weighted by molar-refractivity contribution is 6.74. The Balaban J connectivity index is 1.62. The lowest BCUT2D eigenvalue weighted by molar-refractivity contribution is -0.348. The summed E-state index contributed by atoms with van der Waals surface area (Å²) >= 11 is 0. The van der Waals surface area contributed by atoms with Gasteiger partial charge in [-0.3, -0.25) is 4.90 Å². The minimum Gasteiger partial charge on any atom is -0.443 e. The molecule has 2 heterocycles. The van der Waals surface area contributed by atoms with E-state index in [0.717, 1.165) is 11.1 Å². The van der Waals surface area contributed by atoms with Crippen LogP contribution in [-0.2, 0) is 36.5 Å². The third kappa shape index (κ3) is 6.92. The fourth-order valence-corrected chi connectivity index (χ4v) is 5.95. The van der Waals surface area contributed by atoms with Crippen molar-refractivity contribution in [2.45, 2.75) is 95.9 Å². The van der Waals surface area contributed by atoms with E-state index in [1.54, 1.807) is 4.90 Å². The van der Waals surface area contributed by atoms with Gasteiger partial charge in [0.2, 0.25) is 0 Å². The highest BCUT2D eigenvalue weighted by Gasteiger charge is 2.60. The normalized spacial score (nSPS) is 25.2. The molecule has 2 aromatic rings. The number of carbonyl (C=O) groups is 1. The fraction of sp³-hybridized carbons (Fsp3) is 0.581. The molecule has 0 spiro atoms. The zero-order valence-electron chi connectivity index (χ0n) is 24.6. The topological polar surface area (TPSA) is 66.5 Å². The molecular formula is C31H45NO6Si. The molecule has 4 rings (SSSR count). The number of rotatable bonds is 10. The molecule has 1 amide bonds. The maximum absolute atomic E-state index is 13.7. The molecule has 0 radical (unpaired) electrons. The Bertz CT molecular complexity index is 1090. The molecule has 0 aliphatic carbocycles. The van der Waals surface area contributed by atoms with Gasteiger partial charge in [-0.15, -0.1) is 0 Å². The minimum absolute atomic E-state index is 0.0922. The summed E-state index contributed by atoms with van der Waals surface area (Å²) in [6.07, 6.45) is -0.791. The highest BCUT2D eigenvalue weighted by Crippen LogP contribution is 2.42. The number of fused-ring (bicyclic) bond motifs is 1. The van der Waals surface area contributed by atoms with Crippen molar-refractivity contribution in [3.8, 4) is 0 Å². The zero-order chi connectivity index (χ0) is 28.3. The molecule has 2 fully saturated rings. The van der Waals surface area contributed by atoms with Gasteiger partial charge in [0.15, 0.2) is 14.1 Å². The molecule has 0 bridgehead atoms. The summed E-state index contributed by atoms with van der Waals surface area (Å²) in [6, 6.07) is 20.0. The number of cyclic esters (lactones) is 1. The van der Waals surface area contributed by atoms with Gasteiger partial charge in [-0.1, -0.05) is 81.4 Å². The van der Waals surface area contributed by atoms with Crippen molar-refractivity contribution in [3.05, 3.63) is 71.8 Å². The number of hydrogen-bond acceptors (Lipinski definition) is 6. The van der Waals surface area contributed by atoms with E-state index in [0.29, 0.717) is 26.2 Å². The number of amides is 1. The van der Waals surface area contributed by atoms with E-state index in [1.807, 2.05) is 74.5 Å². The van der Waals surface area contributed by atoms with Crippen LogP contribution in [0.5, 0.6) is 0 Å². The Labute approximate surface area is 234 Å². The predicted molar refractivity (Wildman–Crippen MR) is 154 cm³/mol. The molecule has 214 valence electrons. The van der Waals surface area contributed by atoms with Crippen molar-refractivity contribution < 1.29 is 28.2 Å². The van der Waals surface area contributed by atoms with Gasteiger partial charge >= 0.3 is 6.09 Å². The molecule has 8 heteroatoms. The zero-order valence-corrected chi connectivity index (χ0v) is 25.6. The van der Waals surface area contributed by atoms with Crippen molar-refractivity contribution in [2.75, 3.05) is 19.8 Å². The molecule has 0 saturated carbocycles. The lowest BCUT2D eigenvalue weighted by Gasteiger charge is -2.57. The third-order valence-electron chi connectivity index (χ3n) is 8.28. The van der Waals surface area contributed by atoms with Crippen LogP contribution in [0.25, 0.3) is 0 Å². The first-order valence-corrected chi connectivity index (χ1v) is 16.8. The van der Waals surface area contributed by atoms with Gasteiger partial charge in [-0.05, 0) is 43.1 Å². The van der Waals surface area contributed by atoms with Crippen LogP contribution in [0.4, 0.5) is 4.79 Å². The molecule has 3 atom stereocenters. The summed E-state index contributed by atoms with van der Waals surface area (Å²) in [7, 11) is -1.96. The Morgan fingerprint density at radius 3 is 2.23 bits per heavy atom. The second kappa shape index (κ2) is 11.7. The second-order valence-electron chi connectivity index (χ2n) is 12.7. The summed E-state index contributed by atoms with van der Waals surface area (Å²) in [6.45, 7) is 16.8. The van der Waals surface area contributed by atoms with Crippen molar-refractivity contribution in [2.24, 2.45) is 0 Å². The van der Waals surface area contributed by atoms with E-state index < -0.39 is 31.9 Å². The minimum atomic E-state index is -1.96. The summed E-state index contributed by atoms with van der Waals surface area (Å²) in [4.78, 5) is 15.4. The molecule has 2 saturated heterocycles. The van der Waals surface area contributed by atoms with Gasteiger partial charge in [0.05, 0.1) is 19.8 Å². The van der Waals surface area contributed by atoms with Gasteiger partial charge in [-0.2, -0.15) is 0 Å². The molecule has 0 unspecified atom stereocenters. The molecule has 39 heavy (non-hydrogen) atoms. The van der Waals surface area contributed by atoms with E-state index in [-0.39, 0.29) is 24.3 Å². The third-order valence-corrected chi connectivity index (χ3v) is 12.8. The first-order valence-electron chi connectivity index (χ1n) is 13.9. The lowest BCUT2D eigenvalue weighted by Crippen LogP contribution is -2.75. The highest BCUT2D eigenvalue weighted by atomic mass is 28.4. The number of carbonyl (C=O) groups excluding carboxylic acids is 1. The van der Waals surface area contributed by atoms with Crippen molar-refractivity contribution in [1.82, 2.24) is 4.90 Å². The van der Waals surface area contributed by atoms with Gasteiger partial charge in [0.1, 0.15) is 17.7 Å². The average molecular weight is 556 g/mol. The predicted octanol–water partition coefficient (Wildman–Crippen LogP) is 6.53. The van der Waals surface area contributed by atoms with Crippen molar-refractivity contribution in [1.29, 1.82) is 0 Å². The van der Waals surface area contributed by atoms with E-state index in [1.165, 1.54) is 0 Å². The van der Waals surface area contributed by atoms with Crippen LogP contribution in [0, 0.1) is 0 Å². The Kier molecular flexibility index (Phi) is 8.93. The summed E-state index contributed by atoms with van der Waals surface area (Å²) < 4.78 is 31.7. The number of hydrogen-bond donors (Lipinski definition) is 0. The fourth-order valence-electron chi connectivity index (χ4n) is 4.89. The van der Waals surface area contributed by atoms with E-state index in [4.69, 9.17) is 23.4 Å². The van der Waals surface area contributed by atoms with Crippen molar-refractivity contribution >= 4 is 14.4 Å². The van der Waals surface area contributed by atoms with Crippen LogP contribution in [0.15, 0.2) is 60.7 Å². The van der Waals surface area contributed by atoms with Crippen LogP contribution in [0.1, 0.15) is 52.2 Å². The van der Waals surface area contributed by atoms with Crippen LogP contribution in [0.2, 0.25) is 18.1 Å². The van der Waals surface area contributed by atoms with E-state index in [2.05, 4.69) is 33.9 Å². The Morgan fingerprint density at radius 1 is 1.00 bits per heavy atom. The largest absolute Gasteiger partial charge is 0.443 e. The molecule has 7 nitrogen and oxygen atoms in total. The Hall–Kier alpha value is -2.23. The summed E-state index contributed by atoms with van der Waals surface area (Å²) in [5.74, 6) is -0.825.